The molecule has 0 aromatic heterocycles. The van der Waals surface area contributed by atoms with Crippen LogP contribution in [0.4, 0.5) is 4.79 Å². The molecule has 0 bridgehead atoms. The highest BCUT2D eigenvalue weighted by atomic mass is 16.6. The molecule has 0 aliphatic carbocycles. The molecule has 0 saturated carbocycles. The van der Waals surface area contributed by atoms with Crippen LogP contribution in [0, 0.1) is 11.8 Å². The number of likely N-dealkylation sites (tertiary alicyclic amines) is 2. The third kappa shape index (κ3) is 6.56. The summed E-state index contributed by atoms with van der Waals surface area (Å²) in [5, 5.41) is 3.47. The quantitative estimate of drug-likeness (QED) is 0.447. The summed E-state index contributed by atoms with van der Waals surface area (Å²) in [6, 6.07) is 0. The van der Waals surface area contributed by atoms with Crippen LogP contribution in [0.1, 0.15) is 46.5 Å². The Balaban J connectivity index is 1.72. The number of esters is 1. The number of methoxy groups -OCH3 is 1. The highest BCUT2D eigenvalue weighted by Gasteiger charge is 2.29. The van der Waals surface area contributed by atoms with Crippen LogP contribution < -0.4 is 5.32 Å². The Morgan fingerprint density at radius 1 is 1.04 bits per heavy atom. The van der Waals surface area contributed by atoms with E-state index in [1.807, 2.05) is 20.8 Å². The lowest BCUT2D eigenvalue weighted by Gasteiger charge is -2.35. The zero-order valence-electron chi connectivity index (χ0n) is 18.0. The van der Waals surface area contributed by atoms with Crippen LogP contribution in [-0.2, 0) is 14.3 Å². The van der Waals surface area contributed by atoms with Gasteiger partial charge in [-0.05, 0) is 52.4 Å². The molecule has 2 aliphatic rings. The minimum absolute atomic E-state index is 0.00321. The zero-order valence-corrected chi connectivity index (χ0v) is 18.0. The van der Waals surface area contributed by atoms with E-state index < -0.39 is 5.60 Å². The van der Waals surface area contributed by atoms with Gasteiger partial charge in [0.2, 0.25) is 0 Å². The number of hydrogen-bond acceptors (Lipinski definition) is 5. The first kappa shape index (κ1) is 22.3. The molecule has 8 heteroatoms. The van der Waals surface area contributed by atoms with E-state index >= 15 is 0 Å². The SMILES string of the molecule is CN=C(NCC1CCN(C(=O)OC(C)(C)C)CC1)N1CCC(C(=O)OC)CC1. The van der Waals surface area contributed by atoms with Gasteiger partial charge in [-0.1, -0.05) is 0 Å². The number of hydrogen-bond donors (Lipinski definition) is 1. The van der Waals surface area contributed by atoms with E-state index in [-0.39, 0.29) is 18.0 Å². The van der Waals surface area contributed by atoms with E-state index in [0.29, 0.717) is 5.92 Å². The van der Waals surface area contributed by atoms with Crippen molar-refractivity contribution in [2.45, 2.75) is 52.1 Å². The summed E-state index contributed by atoms with van der Waals surface area (Å²) in [6.07, 6.45) is 3.27. The molecule has 2 rings (SSSR count). The molecule has 0 aromatic carbocycles. The topological polar surface area (TPSA) is 83.5 Å². The average Bonchev–Trinajstić information content (AvgIpc) is 2.67. The molecule has 2 saturated heterocycles. The molecule has 0 unspecified atom stereocenters. The zero-order chi connectivity index (χ0) is 20.7. The third-order valence-corrected chi connectivity index (χ3v) is 5.36. The van der Waals surface area contributed by atoms with Crippen molar-refractivity contribution in [1.82, 2.24) is 15.1 Å². The second-order valence-corrected chi connectivity index (χ2v) is 8.62. The summed E-state index contributed by atoms with van der Waals surface area (Å²) in [5.41, 5.74) is -0.455. The molecule has 1 amide bonds. The highest BCUT2D eigenvalue weighted by molar-refractivity contribution is 5.80. The number of piperidine rings is 2. The van der Waals surface area contributed by atoms with Crippen molar-refractivity contribution in [2.75, 3.05) is 46.9 Å². The van der Waals surface area contributed by atoms with Crippen molar-refractivity contribution in [3.63, 3.8) is 0 Å². The molecule has 2 fully saturated rings. The summed E-state index contributed by atoms with van der Waals surface area (Å²) >= 11 is 0. The van der Waals surface area contributed by atoms with Crippen LogP contribution in [0.15, 0.2) is 4.99 Å². The van der Waals surface area contributed by atoms with Crippen molar-refractivity contribution in [3.8, 4) is 0 Å². The number of nitrogens with one attached hydrogen (secondary N) is 1. The van der Waals surface area contributed by atoms with Crippen LogP contribution in [0.2, 0.25) is 0 Å². The Morgan fingerprint density at radius 2 is 1.61 bits per heavy atom. The number of nitrogens with zero attached hydrogens (tertiary/aromatic N) is 3. The third-order valence-electron chi connectivity index (χ3n) is 5.36. The van der Waals surface area contributed by atoms with Crippen molar-refractivity contribution in [1.29, 1.82) is 0 Å². The summed E-state index contributed by atoms with van der Waals surface area (Å²) in [4.78, 5) is 32.2. The first-order chi connectivity index (χ1) is 13.2. The molecule has 2 heterocycles. The van der Waals surface area contributed by atoms with Gasteiger partial charge in [0.05, 0.1) is 13.0 Å². The highest BCUT2D eigenvalue weighted by Crippen LogP contribution is 2.21. The molecule has 0 aromatic rings. The van der Waals surface area contributed by atoms with Gasteiger partial charge in [0.25, 0.3) is 0 Å². The number of rotatable bonds is 3. The second kappa shape index (κ2) is 9.98. The fourth-order valence-corrected chi connectivity index (χ4v) is 3.71. The molecule has 160 valence electrons. The number of guanidine groups is 1. The first-order valence-electron chi connectivity index (χ1n) is 10.2. The fraction of sp³-hybridized carbons (Fsp3) is 0.850. The van der Waals surface area contributed by atoms with E-state index in [2.05, 4.69) is 15.2 Å². The number of carbonyl (C=O) groups is 2. The van der Waals surface area contributed by atoms with E-state index in [1.165, 1.54) is 7.11 Å². The van der Waals surface area contributed by atoms with Crippen molar-refractivity contribution >= 4 is 18.0 Å². The van der Waals surface area contributed by atoms with E-state index in [1.54, 1.807) is 11.9 Å². The molecule has 8 nitrogen and oxygen atoms in total. The van der Waals surface area contributed by atoms with Crippen molar-refractivity contribution in [2.24, 2.45) is 16.8 Å². The van der Waals surface area contributed by atoms with Crippen LogP contribution in [0.25, 0.3) is 0 Å². The minimum atomic E-state index is -0.455. The number of amides is 1. The second-order valence-electron chi connectivity index (χ2n) is 8.62. The number of ether oxygens (including phenoxy) is 2. The Bertz CT molecular complexity index is 557. The van der Waals surface area contributed by atoms with E-state index in [0.717, 1.165) is 64.4 Å². The predicted molar refractivity (Wildman–Crippen MR) is 108 cm³/mol. The molecule has 0 atom stereocenters. The minimum Gasteiger partial charge on any atom is -0.469 e. The molecule has 0 radical (unpaired) electrons. The van der Waals surface area contributed by atoms with Gasteiger partial charge in [-0.2, -0.15) is 0 Å². The van der Waals surface area contributed by atoms with Gasteiger partial charge >= 0.3 is 12.1 Å². The molecule has 2 aliphatic heterocycles. The van der Waals surface area contributed by atoms with Crippen LogP contribution >= 0.6 is 0 Å². The molecule has 28 heavy (non-hydrogen) atoms. The lowest BCUT2D eigenvalue weighted by Crippen LogP contribution is -2.49. The molecular weight excluding hydrogens is 360 g/mol. The largest absolute Gasteiger partial charge is 0.469 e. The van der Waals surface area contributed by atoms with Gasteiger partial charge in [-0.25, -0.2) is 4.79 Å². The van der Waals surface area contributed by atoms with Crippen LogP contribution in [-0.4, -0.2) is 80.3 Å². The summed E-state index contributed by atoms with van der Waals surface area (Å²) < 4.78 is 10.3. The van der Waals surface area contributed by atoms with Crippen molar-refractivity contribution in [3.05, 3.63) is 0 Å². The predicted octanol–water partition coefficient (Wildman–Crippen LogP) is 2.09. The lowest BCUT2D eigenvalue weighted by atomic mass is 9.96. The first-order valence-corrected chi connectivity index (χ1v) is 10.2. The summed E-state index contributed by atoms with van der Waals surface area (Å²) in [6.45, 7) is 9.57. The van der Waals surface area contributed by atoms with Crippen LogP contribution in [0.5, 0.6) is 0 Å². The molecule has 0 spiro atoms. The Morgan fingerprint density at radius 3 is 2.11 bits per heavy atom. The van der Waals surface area contributed by atoms with Gasteiger partial charge in [-0.3, -0.25) is 9.79 Å². The van der Waals surface area contributed by atoms with Gasteiger partial charge in [0.15, 0.2) is 5.96 Å². The van der Waals surface area contributed by atoms with Gasteiger partial charge < -0.3 is 24.6 Å². The monoisotopic (exact) mass is 396 g/mol. The van der Waals surface area contributed by atoms with Crippen molar-refractivity contribution < 1.29 is 19.1 Å². The molecular formula is C20H36N4O4. The number of carbonyl (C=O) groups excluding carboxylic acids is 2. The summed E-state index contributed by atoms with van der Waals surface area (Å²) in [5.74, 6) is 1.27. The maximum atomic E-state index is 12.2. The lowest BCUT2D eigenvalue weighted by molar-refractivity contribution is -0.146. The van der Waals surface area contributed by atoms with Gasteiger partial charge in [0.1, 0.15) is 5.60 Å². The van der Waals surface area contributed by atoms with E-state index in [4.69, 9.17) is 9.47 Å². The average molecular weight is 397 g/mol. The summed E-state index contributed by atoms with van der Waals surface area (Å²) in [7, 11) is 3.24. The Labute approximate surface area is 168 Å². The Kier molecular flexibility index (Phi) is 7.95. The van der Waals surface area contributed by atoms with Crippen LogP contribution in [0.3, 0.4) is 0 Å². The smallest absolute Gasteiger partial charge is 0.410 e. The Hall–Kier alpha value is -1.99. The van der Waals surface area contributed by atoms with E-state index in [9.17, 15) is 9.59 Å². The normalized spacial score (nSPS) is 20.1. The standard InChI is InChI=1S/C20H36N4O4/c1-20(2,3)28-19(26)24-10-6-15(7-11-24)14-22-18(21-4)23-12-8-16(9-13-23)17(25)27-5/h15-16H,6-14H2,1-5H3,(H,21,22). The molecule has 1 N–H and O–H groups in total. The fourth-order valence-electron chi connectivity index (χ4n) is 3.71. The maximum Gasteiger partial charge on any atom is 0.410 e. The van der Waals surface area contributed by atoms with Gasteiger partial charge in [-0.15, -0.1) is 0 Å². The maximum absolute atomic E-state index is 12.2. The number of aliphatic imine (C=N–C) groups is 1. The van der Waals surface area contributed by atoms with Gasteiger partial charge in [0, 0.05) is 39.8 Å².